The maximum atomic E-state index is 12.6. The molecule has 1 fully saturated rings. The van der Waals surface area contributed by atoms with E-state index < -0.39 is 0 Å². The highest BCUT2D eigenvalue weighted by molar-refractivity contribution is 5.87. The quantitative estimate of drug-likeness (QED) is 0.823. The van der Waals surface area contributed by atoms with Crippen LogP contribution in [0.2, 0.25) is 0 Å². The summed E-state index contributed by atoms with van der Waals surface area (Å²) in [5.74, 6) is 0.583. The van der Waals surface area contributed by atoms with Crippen molar-refractivity contribution in [2.45, 2.75) is 71.6 Å². The molecule has 1 aliphatic heterocycles. The molecule has 6 heteroatoms. The SMILES string of the molecule is CCCC(=O)N1CCCC[C@H]1C(=O)NCc1ccc(OC(C)C)nc1. The lowest BCUT2D eigenvalue weighted by atomic mass is 10.0. The van der Waals surface area contributed by atoms with Crippen molar-refractivity contribution in [2.24, 2.45) is 0 Å². The molecule has 0 aliphatic carbocycles. The number of nitrogens with zero attached hydrogens (tertiary/aromatic N) is 2. The van der Waals surface area contributed by atoms with E-state index in [-0.39, 0.29) is 24.0 Å². The standard InChI is InChI=1S/C19H29N3O3/c1-4-7-18(23)22-11-6-5-8-16(22)19(24)21-13-15-9-10-17(20-12-15)25-14(2)3/h9-10,12,14,16H,4-8,11,13H2,1-3H3,(H,21,24)/t16-/m0/s1. The van der Waals surface area contributed by atoms with Gasteiger partial charge in [-0.1, -0.05) is 13.0 Å². The van der Waals surface area contributed by atoms with Gasteiger partial charge in [0.1, 0.15) is 6.04 Å². The molecule has 1 N–H and O–H groups in total. The van der Waals surface area contributed by atoms with Crippen LogP contribution in [0.5, 0.6) is 5.88 Å². The molecule has 1 aromatic heterocycles. The Morgan fingerprint density at radius 3 is 2.80 bits per heavy atom. The third kappa shape index (κ3) is 5.73. The number of rotatable bonds is 7. The molecular weight excluding hydrogens is 318 g/mol. The Bertz CT molecular complexity index is 572. The lowest BCUT2D eigenvalue weighted by Gasteiger charge is -2.34. The molecule has 1 atom stereocenters. The van der Waals surface area contributed by atoms with Crippen molar-refractivity contribution in [3.63, 3.8) is 0 Å². The van der Waals surface area contributed by atoms with Gasteiger partial charge in [-0.3, -0.25) is 9.59 Å². The van der Waals surface area contributed by atoms with Crippen LogP contribution in [-0.2, 0) is 16.1 Å². The molecule has 2 heterocycles. The van der Waals surface area contributed by atoms with Gasteiger partial charge in [-0.25, -0.2) is 4.98 Å². The average molecular weight is 347 g/mol. The molecule has 25 heavy (non-hydrogen) atoms. The van der Waals surface area contributed by atoms with Crippen LogP contribution in [-0.4, -0.2) is 40.4 Å². The second kappa shape index (κ2) is 9.39. The first-order valence-corrected chi connectivity index (χ1v) is 9.20. The van der Waals surface area contributed by atoms with Gasteiger partial charge in [0.25, 0.3) is 0 Å². The highest BCUT2D eigenvalue weighted by Gasteiger charge is 2.31. The van der Waals surface area contributed by atoms with Gasteiger partial charge in [0.05, 0.1) is 6.10 Å². The summed E-state index contributed by atoms with van der Waals surface area (Å²) in [6.45, 7) is 6.97. The van der Waals surface area contributed by atoms with E-state index in [0.29, 0.717) is 25.4 Å². The molecular formula is C19H29N3O3. The van der Waals surface area contributed by atoms with Gasteiger partial charge >= 0.3 is 0 Å². The normalized spacial score (nSPS) is 17.4. The average Bonchev–Trinajstić information content (AvgIpc) is 2.60. The molecule has 0 spiro atoms. The number of ether oxygens (including phenoxy) is 1. The zero-order valence-electron chi connectivity index (χ0n) is 15.5. The van der Waals surface area contributed by atoms with E-state index in [4.69, 9.17) is 4.74 Å². The van der Waals surface area contributed by atoms with Gasteiger partial charge < -0.3 is 15.0 Å². The second-order valence-electron chi connectivity index (χ2n) is 6.74. The van der Waals surface area contributed by atoms with Crippen molar-refractivity contribution >= 4 is 11.8 Å². The predicted octanol–water partition coefficient (Wildman–Crippen LogP) is 2.67. The molecule has 0 saturated carbocycles. The zero-order chi connectivity index (χ0) is 18.2. The summed E-state index contributed by atoms with van der Waals surface area (Å²) >= 11 is 0. The Morgan fingerprint density at radius 1 is 1.36 bits per heavy atom. The fraction of sp³-hybridized carbons (Fsp3) is 0.632. The number of hydrogen-bond acceptors (Lipinski definition) is 4. The predicted molar refractivity (Wildman–Crippen MR) is 96.1 cm³/mol. The Labute approximate surface area is 150 Å². The molecule has 138 valence electrons. The highest BCUT2D eigenvalue weighted by Crippen LogP contribution is 2.19. The van der Waals surface area contributed by atoms with E-state index in [0.717, 1.165) is 31.2 Å². The van der Waals surface area contributed by atoms with E-state index in [1.54, 1.807) is 17.2 Å². The lowest BCUT2D eigenvalue weighted by Crippen LogP contribution is -2.51. The number of pyridine rings is 1. The van der Waals surface area contributed by atoms with Crippen molar-refractivity contribution < 1.29 is 14.3 Å². The minimum Gasteiger partial charge on any atom is -0.475 e. The fourth-order valence-corrected chi connectivity index (χ4v) is 2.99. The molecule has 6 nitrogen and oxygen atoms in total. The number of aromatic nitrogens is 1. The van der Waals surface area contributed by atoms with Gasteiger partial charge in [0.2, 0.25) is 17.7 Å². The fourth-order valence-electron chi connectivity index (χ4n) is 2.99. The van der Waals surface area contributed by atoms with E-state index >= 15 is 0 Å². The maximum Gasteiger partial charge on any atom is 0.243 e. The maximum absolute atomic E-state index is 12.6. The summed E-state index contributed by atoms with van der Waals surface area (Å²) in [5, 5.41) is 2.94. The van der Waals surface area contributed by atoms with Gasteiger partial charge in [0, 0.05) is 31.8 Å². The van der Waals surface area contributed by atoms with Crippen LogP contribution in [0.15, 0.2) is 18.3 Å². The van der Waals surface area contributed by atoms with Gasteiger partial charge in [-0.2, -0.15) is 0 Å². The molecule has 1 aliphatic rings. The zero-order valence-corrected chi connectivity index (χ0v) is 15.5. The van der Waals surface area contributed by atoms with E-state index in [1.807, 2.05) is 26.8 Å². The molecule has 2 rings (SSSR count). The van der Waals surface area contributed by atoms with E-state index in [1.165, 1.54) is 0 Å². The minimum absolute atomic E-state index is 0.0772. The first-order chi connectivity index (χ1) is 12.0. The van der Waals surface area contributed by atoms with Gasteiger partial charge in [-0.05, 0) is 45.1 Å². The highest BCUT2D eigenvalue weighted by atomic mass is 16.5. The molecule has 1 saturated heterocycles. The molecule has 0 unspecified atom stereocenters. The Kier molecular flexibility index (Phi) is 7.22. The molecule has 1 aromatic rings. The summed E-state index contributed by atoms with van der Waals surface area (Å²) in [6, 6.07) is 3.36. The number of hydrogen-bond donors (Lipinski definition) is 1. The Balaban J connectivity index is 1.90. The summed E-state index contributed by atoms with van der Waals surface area (Å²) in [6.07, 6.45) is 5.79. The van der Waals surface area contributed by atoms with E-state index in [9.17, 15) is 9.59 Å². The lowest BCUT2D eigenvalue weighted by molar-refractivity contribution is -0.142. The molecule has 0 bridgehead atoms. The van der Waals surface area contributed by atoms with Crippen LogP contribution in [0.4, 0.5) is 0 Å². The summed E-state index contributed by atoms with van der Waals surface area (Å²) in [7, 11) is 0. The van der Waals surface area contributed by atoms with Gasteiger partial charge in [-0.15, -0.1) is 0 Å². The van der Waals surface area contributed by atoms with Crippen molar-refractivity contribution in [3.8, 4) is 5.88 Å². The minimum atomic E-state index is -0.343. The van der Waals surface area contributed by atoms with Gasteiger partial charge in [0.15, 0.2) is 0 Å². The summed E-state index contributed by atoms with van der Waals surface area (Å²) in [4.78, 5) is 30.8. The third-order valence-electron chi connectivity index (χ3n) is 4.21. The molecule has 0 aromatic carbocycles. The van der Waals surface area contributed by atoms with E-state index in [2.05, 4.69) is 10.3 Å². The first kappa shape index (κ1) is 19.2. The first-order valence-electron chi connectivity index (χ1n) is 9.20. The smallest absolute Gasteiger partial charge is 0.243 e. The summed E-state index contributed by atoms with van der Waals surface area (Å²) in [5.41, 5.74) is 0.909. The number of likely N-dealkylation sites (tertiary alicyclic amines) is 1. The van der Waals surface area contributed by atoms with Crippen LogP contribution >= 0.6 is 0 Å². The second-order valence-corrected chi connectivity index (χ2v) is 6.74. The molecule has 2 amide bonds. The largest absolute Gasteiger partial charge is 0.475 e. The Morgan fingerprint density at radius 2 is 2.16 bits per heavy atom. The van der Waals surface area contributed by atoms with Crippen molar-refractivity contribution in [1.29, 1.82) is 0 Å². The number of carbonyl (C=O) groups excluding carboxylic acids is 2. The van der Waals surface area contributed by atoms with Crippen LogP contribution in [0.3, 0.4) is 0 Å². The Hall–Kier alpha value is -2.11. The number of carbonyl (C=O) groups is 2. The number of piperidine rings is 1. The van der Waals surface area contributed by atoms with Crippen LogP contribution < -0.4 is 10.1 Å². The van der Waals surface area contributed by atoms with Crippen LogP contribution in [0, 0.1) is 0 Å². The van der Waals surface area contributed by atoms with Crippen LogP contribution in [0.1, 0.15) is 58.4 Å². The third-order valence-corrected chi connectivity index (χ3v) is 4.21. The van der Waals surface area contributed by atoms with Crippen molar-refractivity contribution in [2.75, 3.05) is 6.54 Å². The number of amides is 2. The summed E-state index contributed by atoms with van der Waals surface area (Å²) < 4.78 is 5.51. The topological polar surface area (TPSA) is 71.5 Å². The number of nitrogens with one attached hydrogen (secondary N) is 1. The van der Waals surface area contributed by atoms with Crippen LogP contribution in [0.25, 0.3) is 0 Å². The monoisotopic (exact) mass is 347 g/mol. The van der Waals surface area contributed by atoms with Crippen molar-refractivity contribution in [1.82, 2.24) is 15.2 Å². The molecule has 0 radical (unpaired) electrons. The van der Waals surface area contributed by atoms with Crippen molar-refractivity contribution in [3.05, 3.63) is 23.9 Å².